The number of imide groups is 1. The smallest absolute Gasteiger partial charge is 0.414 e. The van der Waals surface area contributed by atoms with Crippen LogP contribution in [0, 0.1) is 11.3 Å². The number of likely N-dealkylation sites (tertiary alicyclic amines) is 1. The van der Waals surface area contributed by atoms with Crippen LogP contribution < -0.4 is 4.74 Å². The Balaban J connectivity index is 1.79. The third-order valence-electron chi connectivity index (χ3n) is 5.47. The number of benzene rings is 1. The summed E-state index contributed by atoms with van der Waals surface area (Å²) < 4.78 is 7.80. The maximum atomic E-state index is 12.9. The normalized spacial score (nSPS) is 20.5. The largest absolute Gasteiger partial charge is 0.485 e. The van der Waals surface area contributed by atoms with Crippen LogP contribution in [0.5, 0.6) is 5.75 Å². The molecule has 3 heterocycles. The second kappa shape index (κ2) is 6.51. The van der Waals surface area contributed by atoms with E-state index >= 15 is 0 Å². The number of carboxylic acid groups (broad SMARTS) is 1. The Morgan fingerprint density at radius 1 is 1.32 bits per heavy atom. The van der Waals surface area contributed by atoms with E-state index in [1.165, 1.54) is 0 Å². The van der Waals surface area contributed by atoms with E-state index in [1.54, 1.807) is 12.4 Å². The van der Waals surface area contributed by atoms with Crippen LogP contribution in [-0.2, 0) is 11.4 Å². The van der Waals surface area contributed by atoms with Gasteiger partial charge in [0, 0.05) is 12.1 Å². The number of carbonyl (C=O) groups excluding carboxylic acids is 1. The van der Waals surface area contributed by atoms with Crippen LogP contribution in [0.2, 0.25) is 0 Å². The quantitative estimate of drug-likeness (QED) is 0.761. The van der Waals surface area contributed by atoms with Crippen LogP contribution in [0.1, 0.15) is 38.6 Å². The number of aromatic nitrogens is 2. The molecule has 0 aliphatic carbocycles. The summed E-state index contributed by atoms with van der Waals surface area (Å²) in [6.45, 7) is 6.75. The Morgan fingerprint density at radius 3 is 2.79 bits per heavy atom. The lowest BCUT2D eigenvalue weighted by molar-refractivity contribution is -0.128. The Bertz CT molecular complexity index is 984. The van der Waals surface area contributed by atoms with E-state index in [1.807, 2.05) is 28.8 Å². The molecule has 1 fully saturated rings. The SMILES string of the molecule is CC(C)(C)C1CCN(C(=O)O)C(=O)C1=Cc1ncn2c1COc1ccccc1-2. The van der Waals surface area contributed by atoms with E-state index in [-0.39, 0.29) is 17.9 Å². The van der Waals surface area contributed by atoms with Crippen LogP contribution in [0.3, 0.4) is 0 Å². The van der Waals surface area contributed by atoms with Crippen molar-refractivity contribution in [2.75, 3.05) is 6.54 Å². The summed E-state index contributed by atoms with van der Waals surface area (Å²) >= 11 is 0. The average molecular weight is 381 g/mol. The van der Waals surface area contributed by atoms with Crippen molar-refractivity contribution in [2.45, 2.75) is 33.8 Å². The van der Waals surface area contributed by atoms with Crippen molar-refractivity contribution in [3.63, 3.8) is 0 Å². The highest BCUT2D eigenvalue weighted by atomic mass is 16.5. The third kappa shape index (κ3) is 2.96. The first-order chi connectivity index (χ1) is 13.3. The summed E-state index contributed by atoms with van der Waals surface area (Å²) in [4.78, 5) is 29.8. The predicted molar refractivity (Wildman–Crippen MR) is 103 cm³/mol. The third-order valence-corrected chi connectivity index (χ3v) is 5.47. The summed E-state index contributed by atoms with van der Waals surface area (Å²) in [6, 6.07) is 7.70. The molecule has 1 aromatic carbocycles. The van der Waals surface area contributed by atoms with Crippen molar-refractivity contribution in [3.8, 4) is 11.4 Å². The zero-order chi connectivity index (χ0) is 20.1. The number of amides is 2. The molecule has 2 amide bonds. The number of hydrogen-bond acceptors (Lipinski definition) is 4. The number of para-hydroxylation sites is 2. The van der Waals surface area contributed by atoms with Gasteiger partial charge in [-0.15, -0.1) is 0 Å². The van der Waals surface area contributed by atoms with Gasteiger partial charge in [0.2, 0.25) is 0 Å². The second-order valence-electron chi connectivity index (χ2n) is 8.25. The Labute approximate surface area is 163 Å². The number of rotatable bonds is 1. The molecule has 1 N–H and O–H groups in total. The lowest BCUT2D eigenvalue weighted by Crippen LogP contribution is -2.46. The first-order valence-electron chi connectivity index (χ1n) is 9.32. The highest BCUT2D eigenvalue weighted by Crippen LogP contribution is 2.40. The van der Waals surface area contributed by atoms with Crippen LogP contribution in [0.4, 0.5) is 4.79 Å². The number of fused-ring (bicyclic) bond motifs is 3. The number of hydrogen-bond donors (Lipinski definition) is 1. The summed E-state index contributed by atoms with van der Waals surface area (Å²) in [5, 5.41) is 9.38. The molecule has 7 heteroatoms. The molecule has 2 aliphatic heterocycles. The fourth-order valence-corrected chi connectivity index (χ4v) is 4.00. The summed E-state index contributed by atoms with van der Waals surface area (Å²) in [5.41, 5.74) is 2.70. The topological polar surface area (TPSA) is 84.7 Å². The number of imidazole rings is 1. The molecular formula is C21H23N3O4. The Morgan fingerprint density at radius 2 is 2.07 bits per heavy atom. The molecule has 2 aromatic rings. The van der Waals surface area contributed by atoms with Gasteiger partial charge in [-0.25, -0.2) is 14.7 Å². The molecule has 0 spiro atoms. The van der Waals surface area contributed by atoms with Crippen LogP contribution in [0.15, 0.2) is 36.2 Å². The highest BCUT2D eigenvalue weighted by molar-refractivity contribution is 6.06. The van der Waals surface area contributed by atoms with Crippen molar-refractivity contribution in [1.82, 2.24) is 14.5 Å². The number of ether oxygens (including phenoxy) is 1. The number of nitrogens with zero attached hydrogens (tertiary/aromatic N) is 3. The average Bonchev–Trinajstić information content (AvgIpc) is 3.05. The highest BCUT2D eigenvalue weighted by Gasteiger charge is 2.40. The molecule has 28 heavy (non-hydrogen) atoms. The maximum Gasteiger partial charge on any atom is 0.414 e. The molecule has 0 radical (unpaired) electrons. The molecule has 1 saturated heterocycles. The van der Waals surface area contributed by atoms with Gasteiger partial charge >= 0.3 is 6.09 Å². The van der Waals surface area contributed by atoms with Gasteiger partial charge in [0.05, 0.1) is 17.1 Å². The van der Waals surface area contributed by atoms with Gasteiger partial charge in [0.1, 0.15) is 18.7 Å². The molecular weight excluding hydrogens is 358 g/mol. The summed E-state index contributed by atoms with van der Waals surface area (Å²) in [6.07, 6.45) is 2.85. The van der Waals surface area contributed by atoms with Crippen molar-refractivity contribution in [2.24, 2.45) is 11.3 Å². The Hall–Kier alpha value is -3.09. The van der Waals surface area contributed by atoms with Crippen LogP contribution in [-0.4, -0.2) is 38.1 Å². The zero-order valence-corrected chi connectivity index (χ0v) is 16.2. The van der Waals surface area contributed by atoms with E-state index in [9.17, 15) is 14.7 Å². The first-order valence-corrected chi connectivity index (χ1v) is 9.32. The van der Waals surface area contributed by atoms with Gasteiger partial charge in [-0.2, -0.15) is 0 Å². The van der Waals surface area contributed by atoms with Gasteiger partial charge in [-0.05, 0) is 36.0 Å². The lowest BCUT2D eigenvalue weighted by Gasteiger charge is -2.38. The van der Waals surface area contributed by atoms with Gasteiger partial charge in [0.15, 0.2) is 0 Å². The molecule has 1 aromatic heterocycles. The van der Waals surface area contributed by atoms with Crippen molar-refractivity contribution in [1.29, 1.82) is 0 Å². The Kier molecular flexibility index (Phi) is 4.25. The molecule has 0 bridgehead atoms. The minimum absolute atomic E-state index is 0.0512. The van der Waals surface area contributed by atoms with E-state index < -0.39 is 12.0 Å². The van der Waals surface area contributed by atoms with Crippen molar-refractivity contribution < 1.29 is 19.4 Å². The van der Waals surface area contributed by atoms with E-state index in [4.69, 9.17) is 4.74 Å². The molecule has 7 nitrogen and oxygen atoms in total. The second-order valence-corrected chi connectivity index (χ2v) is 8.25. The predicted octanol–water partition coefficient (Wildman–Crippen LogP) is 3.72. The van der Waals surface area contributed by atoms with Gasteiger partial charge < -0.3 is 9.84 Å². The van der Waals surface area contributed by atoms with Gasteiger partial charge in [0.25, 0.3) is 5.91 Å². The monoisotopic (exact) mass is 381 g/mol. The van der Waals surface area contributed by atoms with Crippen molar-refractivity contribution >= 4 is 18.1 Å². The molecule has 2 aliphatic rings. The van der Waals surface area contributed by atoms with Gasteiger partial charge in [-0.1, -0.05) is 32.9 Å². The zero-order valence-electron chi connectivity index (χ0n) is 16.2. The molecule has 4 rings (SSSR count). The van der Waals surface area contributed by atoms with E-state index in [0.29, 0.717) is 24.3 Å². The fraction of sp³-hybridized carbons (Fsp3) is 0.381. The fourth-order valence-electron chi connectivity index (χ4n) is 4.00. The maximum absolute atomic E-state index is 12.9. The van der Waals surface area contributed by atoms with E-state index in [0.717, 1.165) is 22.0 Å². The standard InChI is InChI=1S/C21H23N3O4/c1-21(2,3)14-8-9-23(20(26)27)19(25)13(14)10-15-17-11-28-18-7-5-4-6-16(18)24(17)12-22-15/h4-7,10,12,14H,8-9,11H2,1-3H3,(H,26,27). The molecule has 1 atom stereocenters. The summed E-state index contributed by atoms with van der Waals surface area (Å²) in [5.74, 6) is 0.271. The number of carbonyl (C=O) groups is 2. The summed E-state index contributed by atoms with van der Waals surface area (Å²) in [7, 11) is 0. The number of piperidine rings is 1. The molecule has 146 valence electrons. The van der Waals surface area contributed by atoms with Crippen LogP contribution in [0.25, 0.3) is 11.8 Å². The van der Waals surface area contributed by atoms with E-state index in [2.05, 4.69) is 25.8 Å². The molecule has 1 unspecified atom stereocenters. The first kappa shape index (κ1) is 18.3. The molecule has 0 saturated carbocycles. The lowest BCUT2D eigenvalue weighted by atomic mass is 9.72. The van der Waals surface area contributed by atoms with Crippen LogP contribution >= 0.6 is 0 Å². The van der Waals surface area contributed by atoms with Gasteiger partial charge in [-0.3, -0.25) is 9.36 Å². The minimum Gasteiger partial charge on any atom is -0.485 e. The minimum atomic E-state index is -1.22. The van der Waals surface area contributed by atoms with Crippen molar-refractivity contribution in [3.05, 3.63) is 47.6 Å².